The van der Waals surface area contributed by atoms with E-state index in [0.717, 1.165) is 5.52 Å². The Balaban J connectivity index is 1.53. The van der Waals surface area contributed by atoms with Crippen LogP contribution in [-0.4, -0.2) is 37.2 Å². The molecule has 0 bridgehead atoms. The smallest absolute Gasteiger partial charge is 0.182 e. The summed E-state index contributed by atoms with van der Waals surface area (Å²) in [6.45, 7) is 0.650. The van der Waals surface area contributed by atoms with E-state index in [1.807, 2.05) is 0 Å². The van der Waals surface area contributed by atoms with Crippen molar-refractivity contribution in [3.05, 3.63) is 42.7 Å². The Labute approximate surface area is 120 Å². The third kappa shape index (κ3) is 3.02. The van der Waals surface area contributed by atoms with Gasteiger partial charge in [0.1, 0.15) is 11.8 Å². The fraction of sp³-hybridized carbons (Fsp3) is 0.214. The number of nitrogens with one attached hydrogen (secondary N) is 2. The van der Waals surface area contributed by atoms with Crippen LogP contribution < -0.4 is 5.32 Å². The van der Waals surface area contributed by atoms with Gasteiger partial charge in [0, 0.05) is 30.9 Å². The van der Waals surface area contributed by atoms with Gasteiger partial charge in [-0.2, -0.15) is 0 Å². The second-order valence-electron chi connectivity index (χ2n) is 4.52. The van der Waals surface area contributed by atoms with Crippen LogP contribution in [0.5, 0.6) is 0 Å². The maximum atomic E-state index is 11.9. The van der Waals surface area contributed by atoms with E-state index in [9.17, 15) is 4.79 Å². The quantitative estimate of drug-likeness (QED) is 0.529. The highest BCUT2D eigenvalue weighted by Crippen LogP contribution is 2.14. The molecule has 0 aliphatic carbocycles. The first-order valence-corrected chi connectivity index (χ1v) is 6.66. The van der Waals surface area contributed by atoms with Crippen LogP contribution in [0.3, 0.4) is 0 Å². The summed E-state index contributed by atoms with van der Waals surface area (Å²) in [5, 5.41) is 3.19. The van der Waals surface area contributed by atoms with E-state index >= 15 is 0 Å². The molecule has 21 heavy (non-hydrogen) atoms. The first-order valence-electron chi connectivity index (χ1n) is 6.66. The third-order valence-electron chi connectivity index (χ3n) is 3.08. The summed E-state index contributed by atoms with van der Waals surface area (Å²) in [6, 6.07) is 3.54. The van der Waals surface area contributed by atoms with Gasteiger partial charge in [-0.05, 0) is 18.6 Å². The normalized spacial score (nSPS) is 10.7. The summed E-state index contributed by atoms with van der Waals surface area (Å²) in [7, 11) is 0. The number of fused-ring (bicyclic) bond motifs is 1. The van der Waals surface area contributed by atoms with E-state index in [-0.39, 0.29) is 5.78 Å². The number of pyridine rings is 1. The molecule has 0 aromatic carbocycles. The average Bonchev–Trinajstić information content (AvgIpc) is 3.01. The van der Waals surface area contributed by atoms with Gasteiger partial charge in [0.25, 0.3) is 0 Å². The molecule has 7 nitrogen and oxygen atoms in total. The van der Waals surface area contributed by atoms with Crippen molar-refractivity contribution in [3.8, 4) is 0 Å². The number of carbonyl (C=O) groups excluding carboxylic acids is 1. The molecule has 0 aliphatic rings. The molecule has 0 saturated heterocycles. The Morgan fingerprint density at radius 1 is 1.29 bits per heavy atom. The molecule has 0 atom stereocenters. The molecule has 3 aromatic heterocycles. The van der Waals surface area contributed by atoms with Crippen molar-refractivity contribution in [2.45, 2.75) is 12.8 Å². The fourth-order valence-electron chi connectivity index (χ4n) is 2.03. The number of H-pyrrole nitrogens is 1. The van der Waals surface area contributed by atoms with Crippen LogP contribution >= 0.6 is 0 Å². The van der Waals surface area contributed by atoms with Gasteiger partial charge in [-0.1, -0.05) is 0 Å². The maximum absolute atomic E-state index is 11.9. The molecule has 106 valence electrons. The zero-order valence-electron chi connectivity index (χ0n) is 11.3. The summed E-state index contributed by atoms with van der Waals surface area (Å²) in [6.07, 6.45) is 7.48. The number of ketones is 1. The van der Waals surface area contributed by atoms with Crippen LogP contribution in [0.25, 0.3) is 11.2 Å². The largest absolute Gasteiger partial charge is 0.368 e. The topological polar surface area (TPSA) is 96.5 Å². The van der Waals surface area contributed by atoms with Gasteiger partial charge in [-0.25, -0.2) is 15.0 Å². The lowest BCUT2D eigenvalue weighted by molar-refractivity contribution is 0.0981. The lowest BCUT2D eigenvalue weighted by Crippen LogP contribution is -2.07. The van der Waals surface area contributed by atoms with Gasteiger partial charge in [-0.15, -0.1) is 0 Å². The van der Waals surface area contributed by atoms with Crippen molar-refractivity contribution in [1.29, 1.82) is 0 Å². The molecule has 3 heterocycles. The number of hydrogen-bond donors (Lipinski definition) is 2. The molecular formula is C14H14N6O. The highest BCUT2D eigenvalue weighted by molar-refractivity contribution is 5.95. The molecule has 0 saturated carbocycles. The predicted molar refractivity (Wildman–Crippen MR) is 78.0 cm³/mol. The number of Topliss-reactive ketones (excluding diaryl/α,β-unsaturated/α-hetero) is 1. The maximum Gasteiger partial charge on any atom is 0.182 e. The highest BCUT2D eigenvalue weighted by atomic mass is 16.1. The van der Waals surface area contributed by atoms with Crippen molar-refractivity contribution in [1.82, 2.24) is 24.9 Å². The summed E-state index contributed by atoms with van der Waals surface area (Å²) in [5.41, 5.74) is 2.05. The van der Waals surface area contributed by atoms with Gasteiger partial charge < -0.3 is 10.3 Å². The Hall–Kier alpha value is -2.83. The van der Waals surface area contributed by atoms with E-state index in [4.69, 9.17) is 0 Å². The minimum absolute atomic E-state index is 0.0966. The van der Waals surface area contributed by atoms with Crippen LogP contribution in [-0.2, 0) is 0 Å². The van der Waals surface area contributed by atoms with E-state index in [2.05, 4.69) is 30.2 Å². The molecule has 0 radical (unpaired) electrons. The first-order chi connectivity index (χ1) is 10.3. The molecule has 7 heteroatoms. The van der Waals surface area contributed by atoms with Crippen molar-refractivity contribution in [3.63, 3.8) is 0 Å². The number of hydrogen-bond acceptors (Lipinski definition) is 6. The summed E-state index contributed by atoms with van der Waals surface area (Å²) < 4.78 is 0. The molecule has 0 spiro atoms. The van der Waals surface area contributed by atoms with E-state index in [1.165, 1.54) is 6.33 Å². The van der Waals surface area contributed by atoms with Gasteiger partial charge in [0.15, 0.2) is 17.2 Å². The monoisotopic (exact) mass is 282 g/mol. The first kappa shape index (κ1) is 13.2. The number of aromatic amines is 1. The third-order valence-corrected chi connectivity index (χ3v) is 3.08. The number of carbonyl (C=O) groups is 1. The number of anilines is 1. The van der Waals surface area contributed by atoms with E-state index < -0.39 is 0 Å². The van der Waals surface area contributed by atoms with Gasteiger partial charge in [0.2, 0.25) is 0 Å². The van der Waals surface area contributed by atoms with Crippen molar-refractivity contribution in [2.24, 2.45) is 0 Å². The van der Waals surface area contributed by atoms with E-state index in [0.29, 0.717) is 36.4 Å². The minimum atomic E-state index is 0.0966. The standard InChI is InChI=1S/C14H14N6O/c21-11(10-3-1-5-15-7-10)4-2-6-16-13-12-14(18-8-17-12)20-9-19-13/h1,3,5,7-9H,2,4,6H2,(H2,16,17,18,19,20). The lowest BCUT2D eigenvalue weighted by atomic mass is 10.1. The Morgan fingerprint density at radius 3 is 3.10 bits per heavy atom. The van der Waals surface area contributed by atoms with Gasteiger partial charge in [0.05, 0.1) is 6.33 Å². The number of imidazole rings is 1. The zero-order chi connectivity index (χ0) is 14.5. The van der Waals surface area contributed by atoms with Crippen LogP contribution in [0.2, 0.25) is 0 Å². The van der Waals surface area contributed by atoms with Crippen molar-refractivity contribution in [2.75, 3.05) is 11.9 Å². The van der Waals surface area contributed by atoms with Gasteiger partial charge >= 0.3 is 0 Å². The highest BCUT2D eigenvalue weighted by Gasteiger charge is 2.07. The number of rotatable bonds is 6. The molecule has 0 aliphatic heterocycles. The van der Waals surface area contributed by atoms with Crippen molar-refractivity contribution >= 4 is 22.8 Å². The molecule has 3 aromatic rings. The van der Waals surface area contributed by atoms with Crippen LogP contribution in [0.4, 0.5) is 5.82 Å². The lowest BCUT2D eigenvalue weighted by Gasteiger charge is -2.05. The van der Waals surface area contributed by atoms with E-state index in [1.54, 1.807) is 30.9 Å². The van der Waals surface area contributed by atoms with Crippen molar-refractivity contribution < 1.29 is 4.79 Å². The molecule has 2 N–H and O–H groups in total. The van der Waals surface area contributed by atoms with Crippen LogP contribution in [0.1, 0.15) is 23.2 Å². The SMILES string of the molecule is O=C(CCCNc1ncnc2nc[nH]c12)c1cccnc1. The molecule has 3 rings (SSSR count). The molecule has 0 unspecified atom stereocenters. The average molecular weight is 282 g/mol. The summed E-state index contributed by atoms with van der Waals surface area (Å²) >= 11 is 0. The molecule has 0 amide bonds. The fourth-order valence-corrected chi connectivity index (χ4v) is 2.03. The zero-order valence-corrected chi connectivity index (χ0v) is 11.3. The minimum Gasteiger partial charge on any atom is -0.368 e. The van der Waals surface area contributed by atoms with Crippen LogP contribution in [0.15, 0.2) is 37.2 Å². The Kier molecular flexibility index (Phi) is 3.81. The summed E-state index contributed by atoms with van der Waals surface area (Å²) in [4.78, 5) is 31.1. The number of aromatic nitrogens is 5. The van der Waals surface area contributed by atoms with Crippen LogP contribution in [0, 0.1) is 0 Å². The number of nitrogens with zero attached hydrogens (tertiary/aromatic N) is 4. The Bertz CT molecular complexity index is 739. The predicted octanol–water partition coefficient (Wildman–Crippen LogP) is 1.82. The second kappa shape index (κ2) is 6.08. The molecule has 0 fully saturated rings. The molecular weight excluding hydrogens is 268 g/mol. The summed E-state index contributed by atoms with van der Waals surface area (Å²) in [5.74, 6) is 0.797. The van der Waals surface area contributed by atoms with Gasteiger partial charge in [-0.3, -0.25) is 9.78 Å². The second-order valence-corrected chi connectivity index (χ2v) is 4.52. The Morgan fingerprint density at radius 2 is 2.24 bits per heavy atom.